The zero-order valence-electron chi connectivity index (χ0n) is 21.2. The number of alkyl halides is 3. The van der Waals surface area contributed by atoms with Gasteiger partial charge < -0.3 is 20.1 Å². The van der Waals surface area contributed by atoms with Gasteiger partial charge in [0.05, 0.1) is 29.6 Å². The van der Waals surface area contributed by atoms with Gasteiger partial charge in [-0.05, 0) is 37.3 Å². The molecule has 1 aliphatic rings. The second-order valence-corrected chi connectivity index (χ2v) is 9.76. The van der Waals surface area contributed by atoms with Crippen LogP contribution >= 0.6 is 11.6 Å². The van der Waals surface area contributed by atoms with Gasteiger partial charge in [-0.1, -0.05) is 16.8 Å². The summed E-state index contributed by atoms with van der Waals surface area (Å²) >= 11 is 5.99. The molecule has 0 unspecified atom stereocenters. The van der Waals surface area contributed by atoms with E-state index in [4.69, 9.17) is 21.6 Å². The van der Waals surface area contributed by atoms with Crippen LogP contribution in [0.3, 0.4) is 0 Å². The summed E-state index contributed by atoms with van der Waals surface area (Å²) in [4.78, 5) is 4.16. The summed E-state index contributed by atoms with van der Waals surface area (Å²) in [6, 6.07) is 4.95. The Morgan fingerprint density at radius 3 is 2.52 bits per heavy atom. The average Bonchev–Trinajstić information content (AvgIpc) is 3.56. The highest BCUT2D eigenvalue weighted by molar-refractivity contribution is 6.30. The number of ether oxygens (including phenoxy) is 1. The molecule has 3 heterocycles. The molecule has 3 N–H and O–H groups in total. The normalized spacial score (nSPS) is 22.7. The third-order valence-electron chi connectivity index (χ3n) is 6.67. The Balaban J connectivity index is 1.58. The number of halogens is 6. The first-order valence-electron chi connectivity index (χ1n) is 12.1. The van der Waals surface area contributed by atoms with Gasteiger partial charge in [-0.3, -0.25) is 0 Å². The summed E-state index contributed by atoms with van der Waals surface area (Å²) in [6.07, 6.45) is -10.2. The zero-order chi connectivity index (χ0) is 30.5. The van der Waals surface area contributed by atoms with Gasteiger partial charge in [0.15, 0.2) is 17.5 Å². The van der Waals surface area contributed by atoms with E-state index in [1.54, 1.807) is 0 Å². The molecule has 0 bridgehead atoms. The number of hydrogen-bond donors (Lipinski definition) is 3. The third-order valence-corrected chi connectivity index (χ3v) is 6.91. The molecule has 11 nitrogen and oxygen atoms in total. The fourth-order valence-electron chi connectivity index (χ4n) is 4.72. The second-order valence-electron chi connectivity index (χ2n) is 9.32. The smallest absolute Gasteiger partial charge is 0.394 e. The fraction of sp³-hybridized carbons (Fsp3) is 0.320. The van der Waals surface area contributed by atoms with Crippen LogP contribution in [-0.2, 0) is 10.9 Å². The van der Waals surface area contributed by atoms with Crippen LogP contribution in [0, 0.1) is 29.9 Å². The zero-order valence-corrected chi connectivity index (χ0v) is 22.0. The number of nitrogens with zero attached hydrogens (tertiary/aromatic N) is 7. The maximum absolute atomic E-state index is 14.6. The highest BCUT2D eigenvalue weighted by Crippen LogP contribution is 2.41. The Labute approximate surface area is 238 Å². The summed E-state index contributed by atoms with van der Waals surface area (Å²) in [7, 11) is 0. The van der Waals surface area contributed by atoms with Gasteiger partial charge in [0.2, 0.25) is 0 Å². The van der Waals surface area contributed by atoms with Crippen LogP contribution in [0.4, 0.5) is 22.0 Å². The van der Waals surface area contributed by atoms with Crippen LogP contribution in [-0.4, -0.2) is 70.0 Å². The quantitative estimate of drug-likeness (QED) is 0.289. The molecule has 42 heavy (non-hydrogen) atoms. The first-order valence-corrected chi connectivity index (χ1v) is 12.5. The van der Waals surface area contributed by atoms with Crippen molar-refractivity contribution in [3.63, 3.8) is 0 Å². The van der Waals surface area contributed by atoms with E-state index in [1.807, 2.05) is 0 Å². The minimum atomic E-state index is -4.83. The van der Waals surface area contributed by atoms with E-state index in [2.05, 4.69) is 20.4 Å². The predicted octanol–water partition coefficient (Wildman–Crippen LogP) is 3.05. The number of hydrogen-bond acceptors (Lipinski definition) is 9. The predicted molar refractivity (Wildman–Crippen MR) is 132 cm³/mol. The molecule has 1 aliphatic heterocycles. The molecule has 0 amide bonds. The van der Waals surface area contributed by atoms with Gasteiger partial charge in [0.25, 0.3) is 0 Å². The first kappa shape index (κ1) is 29.5. The van der Waals surface area contributed by atoms with Crippen molar-refractivity contribution in [1.82, 2.24) is 29.8 Å². The fourth-order valence-corrected chi connectivity index (χ4v) is 4.89. The van der Waals surface area contributed by atoms with Crippen molar-refractivity contribution in [2.45, 2.75) is 43.6 Å². The van der Waals surface area contributed by atoms with Crippen LogP contribution < -0.4 is 0 Å². The van der Waals surface area contributed by atoms with Crippen molar-refractivity contribution in [3.8, 4) is 23.0 Å². The molecule has 2 aromatic carbocycles. The van der Waals surface area contributed by atoms with Gasteiger partial charge in [-0.25, -0.2) is 23.1 Å². The third kappa shape index (κ3) is 5.10. The van der Waals surface area contributed by atoms with E-state index in [0.717, 1.165) is 45.9 Å². The number of benzene rings is 2. The van der Waals surface area contributed by atoms with Gasteiger partial charge >= 0.3 is 6.18 Å². The number of aliphatic hydroxyl groups is 3. The SMILES string of the molecule is Cc1nc([C@@H]2O[C@H](CO)[C@H](O)[C@H](n3cc(-c4ccc(C#N)c(F)c4F)nn3)[C@H]2O)n(-c2cc(Cl)ccc2C(F)(F)F)n1. The maximum Gasteiger partial charge on any atom is 0.418 e. The van der Waals surface area contributed by atoms with Gasteiger partial charge in [0, 0.05) is 10.6 Å². The topological polar surface area (TPSA) is 155 Å². The molecule has 0 aliphatic carbocycles. The van der Waals surface area contributed by atoms with E-state index < -0.39 is 71.7 Å². The van der Waals surface area contributed by atoms with Crippen molar-refractivity contribution < 1.29 is 42.0 Å². The van der Waals surface area contributed by atoms with Crippen LogP contribution in [0.1, 0.15) is 34.9 Å². The first-order chi connectivity index (χ1) is 19.8. The van der Waals surface area contributed by atoms with Crippen molar-refractivity contribution in [1.29, 1.82) is 5.26 Å². The molecule has 5 atom stereocenters. The lowest BCUT2D eigenvalue weighted by Gasteiger charge is -2.41. The van der Waals surface area contributed by atoms with Crippen LogP contribution in [0.15, 0.2) is 36.5 Å². The van der Waals surface area contributed by atoms with Crippen LogP contribution in [0.5, 0.6) is 0 Å². The van der Waals surface area contributed by atoms with Gasteiger partial charge in [-0.2, -0.15) is 23.5 Å². The number of rotatable bonds is 5. The summed E-state index contributed by atoms with van der Waals surface area (Å²) in [5.74, 6) is -3.11. The number of aromatic nitrogens is 6. The minimum Gasteiger partial charge on any atom is -0.394 e. The largest absolute Gasteiger partial charge is 0.418 e. The molecule has 2 aromatic heterocycles. The summed E-state index contributed by atoms with van der Waals surface area (Å²) < 4.78 is 77.9. The van der Waals surface area contributed by atoms with E-state index in [1.165, 1.54) is 13.0 Å². The molecule has 0 saturated carbocycles. The summed E-state index contributed by atoms with van der Waals surface area (Å²) in [5, 5.41) is 52.7. The number of nitriles is 1. The molecular formula is C25H19ClF5N7O4. The lowest BCUT2D eigenvalue weighted by molar-refractivity contribution is -0.210. The Morgan fingerprint density at radius 2 is 1.86 bits per heavy atom. The van der Waals surface area contributed by atoms with Crippen LogP contribution in [0.2, 0.25) is 5.02 Å². The molecule has 0 spiro atoms. The second kappa shape index (κ2) is 11.0. The van der Waals surface area contributed by atoms with Crippen molar-refractivity contribution >= 4 is 11.6 Å². The van der Waals surface area contributed by atoms with E-state index >= 15 is 0 Å². The Hall–Kier alpha value is -4.01. The molecule has 0 radical (unpaired) electrons. The van der Waals surface area contributed by atoms with Crippen molar-refractivity contribution in [2.24, 2.45) is 0 Å². The molecule has 220 valence electrons. The average molecular weight is 612 g/mol. The molecular weight excluding hydrogens is 593 g/mol. The monoisotopic (exact) mass is 611 g/mol. The van der Waals surface area contributed by atoms with Gasteiger partial charge in [-0.15, -0.1) is 5.10 Å². The van der Waals surface area contributed by atoms with E-state index in [-0.39, 0.29) is 27.9 Å². The molecule has 1 saturated heterocycles. The minimum absolute atomic E-state index is 0.00141. The Morgan fingerprint density at radius 1 is 1.12 bits per heavy atom. The lowest BCUT2D eigenvalue weighted by Crippen LogP contribution is -2.53. The maximum atomic E-state index is 14.6. The lowest BCUT2D eigenvalue weighted by atomic mass is 9.92. The summed E-state index contributed by atoms with van der Waals surface area (Å²) in [5.41, 5.74) is -2.78. The van der Waals surface area contributed by atoms with E-state index in [0.29, 0.717) is 0 Å². The molecule has 1 fully saturated rings. The highest BCUT2D eigenvalue weighted by atomic mass is 35.5. The molecule has 4 aromatic rings. The number of aliphatic hydroxyl groups excluding tert-OH is 3. The van der Waals surface area contributed by atoms with Crippen LogP contribution in [0.25, 0.3) is 16.9 Å². The highest BCUT2D eigenvalue weighted by Gasteiger charge is 2.49. The molecule has 5 rings (SSSR count). The number of aryl methyl sites for hydroxylation is 1. The Bertz CT molecular complexity index is 1690. The summed E-state index contributed by atoms with van der Waals surface area (Å²) in [6.45, 7) is 0.591. The van der Waals surface area contributed by atoms with Crippen molar-refractivity contribution in [3.05, 3.63) is 76.0 Å². The van der Waals surface area contributed by atoms with E-state index in [9.17, 15) is 37.3 Å². The molecule has 17 heteroatoms. The van der Waals surface area contributed by atoms with Crippen molar-refractivity contribution in [2.75, 3.05) is 6.61 Å². The Kier molecular flexibility index (Phi) is 7.72. The van der Waals surface area contributed by atoms with Gasteiger partial charge in [0.1, 0.15) is 48.0 Å². The standard InChI is InChI=1S/C25H19ClF5N7O4/c1-10-33-24(38(35-10)16-6-12(26)3-5-14(16)25(29,30)31)23-22(41)20(21(40)17(9-39)42-23)37-8-15(34-36-37)13-4-2-11(7-32)18(27)19(13)28/h2-6,8,17,20-23,39-41H,9H2,1H3/t17-,20+,21+,22-,23-/m1/s1.